The minimum Gasteiger partial charge on any atom is -0.494 e. The highest BCUT2D eigenvalue weighted by atomic mass is 32.2. The Morgan fingerprint density at radius 2 is 1.41 bits per heavy atom. The van der Waals surface area contributed by atoms with Crippen molar-refractivity contribution in [2.24, 2.45) is 4.99 Å². The van der Waals surface area contributed by atoms with Gasteiger partial charge in [0.25, 0.3) is 5.69 Å². The zero-order valence-corrected chi connectivity index (χ0v) is 29.0. The lowest BCUT2D eigenvalue weighted by atomic mass is 10.2. The summed E-state index contributed by atoms with van der Waals surface area (Å²) in [7, 11) is 0. The Hall–Kier alpha value is -4.82. The van der Waals surface area contributed by atoms with Crippen LogP contribution in [0.2, 0.25) is 0 Å². The summed E-state index contributed by atoms with van der Waals surface area (Å²) < 4.78 is 7.96. The van der Waals surface area contributed by atoms with Crippen LogP contribution in [0, 0.1) is 10.1 Å². The number of non-ortho nitro benzene ring substituents is 1. The highest BCUT2D eigenvalue weighted by Gasteiger charge is 2.05. The number of hydrogen-bond acceptors (Lipinski definition) is 6. The molecule has 1 aromatic heterocycles. The predicted molar refractivity (Wildman–Crippen MR) is 207 cm³/mol. The van der Waals surface area contributed by atoms with Gasteiger partial charge < -0.3 is 14.2 Å². The van der Waals surface area contributed by atoms with E-state index in [1.54, 1.807) is 23.9 Å². The Morgan fingerprint density at radius 3 is 1.98 bits per heavy atom. The van der Waals surface area contributed by atoms with Gasteiger partial charge in [-0.3, -0.25) is 15.1 Å². The molecule has 0 amide bonds. The van der Waals surface area contributed by atoms with Crippen LogP contribution in [0.25, 0.3) is 0 Å². The first-order chi connectivity index (χ1) is 23.5. The van der Waals surface area contributed by atoms with E-state index in [-0.39, 0.29) is 13.1 Å². The number of nitrogens with zero attached hydrogens (tertiary/aromatic N) is 4. The van der Waals surface area contributed by atoms with Gasteiger partial charge >= 0.3 is 0 Å². The maximum absolute atomic E-state index is 10.7. The Bertz CT molecular complexity index is 1650. The van der Waals surface area contributed by atoms with Crippen LogP contribution in [-0.4, -0.2) is 35.4 Å². The molecule has 0 unspecified atom stereocenters. The van der Waals surface area contributed by atoms with Crippen molar-refractivity contribution in [2.75, 3.05) is 24.6 Å². The van der Waals surface area contributed by atoms with Crippen LogP contribution in [-0.2, 0) is 13.0 Å². The number of rotatable bonds is 16. The van der Waals surface area contributed by atoms with E-state index in [4.69, 9.17) is 4.74 Å². The topological polar surface area (TPSA) is 72.9 Å². The van der Waals surface area contributed by atoms with Crippen LogP contribution >= 0.6 is 11.8 Å². The van der Waals surface area contributed by atoms with Crippen molar-refractivity contribution in [2.45, 2.75) is 70.2 Å². The summed E-state index contributed by atoms with van der Waals surface area (Å²) in [5.74, 6) is 0.989. The largest absolute Gasteiger partial charge is 0.494 e. The smallest absolute Gasteiger partial charge is 0.269 e. The van der Waals surface area contributed by atoms with E-state index < -0.39 is 4.92 Å². The summed E-state index contributed by atoms with van der Waals surface area (Å²) in [4.78, 5) is 19.2. The molecule has 8 heteroatoms. The van der Waals surface area contributed by atoms with Crippen molar-refractivity contribution in [3.63, 3.8) is 0 Å². The van der Waals surface area contributed by atoms with Crippen molar-refractivity contribution in [3.05, 3.63) is 143 Å². The van der Waals surface area contributed by atoms with Crippen LogP contribution in [0.1, 0.15) is 58.6 Å². The number of aliphatic imine (C=N–C) groups is 1. The Kier molecular flexibility index (Phi) is 16.7. The van der Waals surface area contributed by atoms with E-state index in [0.717, 1.165) is 65.9 Å². The molecule has 4 aromatic carbocycles. The molecular formula is C41H50N4O3S. The highest BCUT2D eigenvalue weighted by Crippen LogP contribution is 2.30. The van der Waals surface area contributed by atoms with Crippen LogP contribution < -0.4 is 9.64 Å². The molecule has 0 aliphatic rings. The Labute approximate surface area is 296 Å². The molecule has 1 heterocycles. The standard InChI is InChI=1S/C23H23N3O2S.C17H23NO.CH4/c1-3-25(4-2)20-9-5-18(6-10-20)17-24-19-7-13-22(14-8-19)29-23-15-11-21(12-16-23)26(27)28;1-2-16-8-10-17(11-9-16)19-15-7-3-4-12-18-13-5-6-14-18;/h5-17H,3-4H2,1-2H3;5-6,8-11,13-14H,2-4,7,12,15H2,1H3;1H4. The number of aryl methyl sites for hydroxylation is 2. The first kappa shape index (κ1) is 38.6. The van der Waals surface area contributed by atoms with Crippen LogP contribution in [0.3, 0.4) is 0 Å². The SMILES string of the molecule is C.CCN(CC)c1ccc(C=Nc2ccc(Sc3ccc([N+](=O)[O-])cc3)cc2)cc1.CCc1ccc(OCCCCCn2cccc2)cc1. The quantitative estimate of drug-likeness (QED) is 0.0449. The third kappa shape index (κ3) is 13.3. The molecule has 0 bridgehead atoms. The lowest BCUT2D eigenvalue weighted by molar-refractivity contribution is -0.384. The van der Waals surface area contributed by atoms with E-state index in [0.29, 0.717) is 0 Å². The predicted octanol–water partition coefficient (Wildman–Crippen LogP) is 11.3. The number of ether oxygens (including phenoxy) is 1. The number of unbranched alkanes of at least 4 members (excludes halogenated alkanes) is 2. The monoisotopic (exact) mass is 678 g/mol. The van der Waals surface area contributed by atoms with Crippen LogP contribution in [0.4, 0.5) is 17.1 Å². The van der Waals surface area contributed by atoms with E-state index in [9.17, 15) is 10.1 Å². The second kappa shape index (κ2) is 21.2. The molecular weight excluding hydrogens is 629 g/mol. The van der Waals surface area contributed by atoms with E-state index in [2.05, 4.69) is 108 Å². The van der Waals surface area contributed by atoms with Crippen molar-refractivity contribution in [1.29, 1.82) is 0 Å². The number of anilines is 1. The number of aromatic nitrogens is 1. The van der Waals surface area contributed by atoms with E-state index in [1.807, 2.05) is 30.5 Å². The zero-order valence-electron chi connectivity index (χ0n) is 28.2. The summed E-state index contributed by atoms with van der Waals surface area (Å²) in [5, 5.41) is 10.7. The number of hydrogen-bond donors (Lipinski definition) is 0. The third-order valence-electron chi connectivity index (χ3n) is 7.83. The molecule has 0 radical (unpaired) electrons. The Morgan fingerprint density at radius 1 is 0.796 bits per heavy atom. The summed E-state index contributed by atoms with van der Waals surface area (Å²) >= 11 is 1.56. The molecule has 258 valence electrons. The van der Waals surface area contributed by atoms with Crippen LogP contribution in [0.5, 0.6) is 5.75 Å². The van der Waals surface area contributed by atoms with Crippen molar-refractivity contribution < 1.29 is 9.66 Å². The van der Waals surface area contributed by atoms with E-state index in [1.165, 1.54) is 36.2 Å². The number of benzene rings is 4. The third-order valence-corrected chi connectivity index (χ3v) is 8.85. The summed E-state index contributed by atoms with van der Waals surface area (Å²) in [6, 6.07) is 35.5. The second-order valence-corrected chi connectivity index (χ2v) is 12.3. The molecule has 0 spiro atoms. The molecule has 0 saturated carbocycles. The molecule has 0 atom stereocenters. The number of nitro groups is 1. The molecule has 7 nitrogen and oxygen atoms in total. The fourth-order valence-corrected chi connectivity index (χ4v) is 5.80. The van der Waals surface area contributed by atoms with E-state index >= 15 is 0 Å². The zero-order chi connectivity index (χ0) is 34.0. The molecule has 0 N–H and O–H groups in total. The van der Waals surface area contributed by atoms with Gasteiger partial charge in [0.05, 0.1) is 17.2 Å². The van der Waals surface area contributed by atoms with Crippen molar-refractivity contribution in [3.8, 4) is 5.75 Å². The van der Waals surface area contributed by atoms with Gasteiger partial charge in [-0.2, -0.15) is 0 Å². The minimum atomic E-state index is -0.390. The fraction of sp³-hybridized carbons (Fsp3) is 0.293. The maximum Gasteiger partial charge on any atom is 0.269 e. The second-order valence-electron chi connectivity index (χ2n) is 11.2. The maximum atomic E-state index is 10.7. The molecule has 0 aliphatic carbocycles. The normalized spacial score (nSPS) is 10.6. The van der Waals surface area contributed by atoms with Gasteiger partial charge in [0, 0.05) is 65.9 Å². The van der Waals surface area contributed by atoms with Gasteiger partial charge in [-0.15, -0.1) is 0 Å². The molecule has 0 fully saturated rings. The lowest BCUT2D eigenvalue weighted by Crippen LogP contribution is -2.21. The van der Waals surface area contributed by atoms with Gasteiger partial charge in [-0.05, 0) is 123 Å². The van der Waals surface area contributed by atoms with Gasteiger partial charge in [0.2, 0.25) is 0 Å². The lowest BCUT2D eigenvalue weighted by Gasteiger charge is -2.20. The molecule has 0 aliphatic heterocycles. The van der Waals surface area contributed by atoms with Crippen LogP contribution in [0.15, 0.2) is 136 Å². The van der Waals surface area contributed by atoms with Crippen molar-refractivity contribution >= 4 is 35.0 Å². The van der Waals surface area contributed by atoms with Crippen molar-refractivity contribution in [1.82, 2.24) is 4.57 Å². The average Bonchev–Trinajstić information content (AvgIpc) is 3.65. The van der Waals surface area contributed by atoms with Gasteiger partial charge in [-0.1, -0.05) is 50.4 Å². The summed E-state index contributed by atoms with van der Waals surface area (Å²) in [5.41, 5.74) is 4.62. The molecule has 0 saturated heterocycles. The molecule has 5 aromatic rings. The average molecular weight is 679 g/mol. The summed E-state index contributed by atoms with van der Waals surface area (Å²) in [6.07, 6.45) is 10.7. The minimum absolute atomic E-state index is 0. The fourth-order valence-electron chi connectivity index (χ4n) is 4.99. The first-order valence-corrected chi connectivity index (χ1v) is 17.5. The summed E-state index contributed by atoms with van der Waals surface area (Å²) in [6.45, 7) is 10.4. The molecule has 49 heavy (non-hydrogen) atoms. The van der Waals surface area contributed by atoms with Gasteiger partial charge in [0.1, 0.15) is 5.75 Å². The first-order valence-electron chi connectivity index (χ1n) is 16.7. The Balaban J connectivity index is 0.000000283. The van der Waals surface area contributed by atoms with Gasteiger partial charge in [0.15, 0.2) is 0 Å². The molecule has 5 rings (SSSR count). The highest BCUT2D eigenvalue weighted by molar-refractivity contribution is 7.99. The van der Waals surface area contributed by atoms with Gasteiger partial charge in [-0.25, -0.2) is 0 Å². The number of nitro benzene ring substituents is 1.